The van der Waals surface area contributed by atoms with E-state index in [4.69, 9.17) is 4.74 Å². The summed E-state index contributed by atoms with van der Waals surface area (Å²) in [4.78, 5) is 10.8. The van der Waals surface area contributed by atoms with Gasteiger partial charge < -0.3 is 20.3 Å². The summed E-state index contributed by atoms with van der Waals surface area (Å²) in [6, 6.07) is 0. The first-order chi connectivity index (χ1) is 10.1. The number of aromatic nitrogens is 2. The second kappa shape index (κ2) is 7.53. The van der Waals surface area contributed by atoms with Crippen LogP contribution in [0.3, 0.4) is 0 Å². The summed E-state index contributed by atoms with van der Waals surface area (Å²) >= 11 is 0. The molecule has 0 radical (unpaired) electrons. The van der Waals surface area contributed by atoms with E-state index in [2.05, 4.69) is 10.4 Å². The number of carbonyl (C=O) groups is 1. The lowest BCUT2D eigenvalue weighted by Crippen LogP contribution is -2.27. The Labute approximate surface area is 123 Å². The Balaban J connectivity index is 1.88. The van der Waals surface area contributed by atoms with Crippen LogP contribution in [0.4, 0.5) is 0 Å². The fraction of sp³-hybridized carbons (Fsp3) is 0.714. The highest BCUT2D eigenvalue weighted by Gasteiger charge is 2.22. The molecule has 2 heterocycles. The smallest absolute Gasteiger partial charge is 0.216 e. The van der Waals surface area contributed by atoms with E-state index in [1.165, 1.54) is 6.92 Å². The van der Waals surface area contributed by atoms with Gasteiger partial charge in [-0.1, -0.05) is 0 Å². The number of hydrogen-bond acceptors (Lipinski definition) is 5. The Bertz CT molecular complexity index is 457. The van der Waals surface area contributed by atoms with Crippen LogP contribution in [-0.4, -0.2) is 45.2 Å². The molecule has 1 amide bonds. The minimum absolute atomic E-state index is 0.0868. The molecule has 118 valence electrons. The van der Waals surface area contributed by atoms with Crippen molar-refractivity contribution in [2.45, 2.75) is 51.0 Å². The van der Waals surface area contributed by atoms with Gasteiger partial charge in [-0.25, -0.2) is 4.68 Å². The molecule has 0 bridgehead atoms. The first-order valence-corrected chi connectivity index (χ1v) is 7.34. The van der Waals surface area contributed by atoms with Crippen molar-refractivity contribution < 1.29 is 19.7 Å². The number of rotatable bonds is 6. The van der Waals surface area contributed by atoms with Crippen LogP contribution in [0.2, 0.25) is 0 Å². The van der Waals surface area contributed by atoms with Crippen molar-refractivity contribution in [1.82, 2.24) is 15.1 Å². The van der Waals surface area contributed by atoms with E-state index in [1.807, 2.05) is 0 Å². The van der Waals surface area contributed by atoms with Crippen LogP contribution in [-0.2, 0) is 9.53 Å². The second-order valence-electron chi connectivity index (χ2n) is 5.36. The monoisotopic (exact) mass is 297 g/mol. The minimum Gasteiger partial charge on any atom is -0.390 e. The molecular formula is C14H23N3O4. The van der Waals surface area contributed by atoms with Crippen molar-refractivity contribution in [2.24, 2.45) is 0 Å². The number of aliphatic hydroxyl groups excluding tert-OH is 2. The maximum atomic E-state index is 10.8. The average molecular weight is 297 g/mol. The molecule has 1 aliphatic heterocycles. The third kappa shape index (κ3) is 4.52. The Morgan fingerprint density at radius 2 is 2.38 bits per heavy atom. The predicted molar refractivity (Wildman–Crippen MR) is 75.3 cm³/mol. The zero-order valence-electron chi connectivity index (χ0n) is 12.2. The summed E-state index contributed by atoms with van der Waals surface area (Å²) < 4.78 is 7.31. The van der Waals surface area contributed by atoms with Gasteiger partial charge in [-0.05, 0) is 25.7 Å². The summed E-state index contributed by atoms with van der Waals surface area (Å²) in [5.41, 5.74) is 0.555. The molecule has 1 aromatic rings. The summed E-state index contributed by atoms with van der Waals surface area (Å²) in [5.74, 6) is -0.154. The van der Waals surface area contributed by atoms with Crippen molar-refractivity contribution in [3.8, 4) is 0 Å². The van der Waals surface area contributed by atoms with E-state index in [9.17, 15) is 15.0 Å². The van der Waals surface area contributed by atoms with Crippen LogP contribution in [0.25, 0.3) is 0 Å². The van der Waals surface area contributed by atoms with Gasteiger partial charge in [-0.15, -0.1) is 0 Å². The number of aliphatic hydroxyl groups is 2. The van der Waals surface area contributed by atoms with Crippen molar-refractivity contribution in [1.29, 1.82) is 0 Å². The van der Waals surface area contributed by atoms with Crippen molar-refractivity contribution in [3.05, 3.63) is 18.0 Å². The van der Waals surface area contributed by atoms with Gasteiger partial charge in [0.1, 0.15) is 12.3 Å². The molecule has 1 aliphatic rings. The van der Waals surface area contributed by atoms with Crippen molar-refractivity contribution >= 4 is 5.91 Å². The second-order valence-corrected chi connectivity index (χ2v) is 5.36. The van der Waals surface area contributed by atoms with E-state index in [0.29, 0.717) is 12.1 Å². The quantitative estimate of drug-likeness (QED) is 0.710. The molecule has 0 spiro atoms. The van der Waals surface area contributed by atoms with Crippen molar-refractivity contribution in [2.75, 3.05) is 13.2 Å². The minimum atomic E-state index is -1.02. The van der Waals surface area contributed by atoms with E-state index in [-0.39, 0.29) is 18.6 Å². The van der Waals surface area contributed by atoms with Gasteiger partial charge in [0.05, 0.1) is 12.3 Å². The number of carbonyl (C=O) groups excluding carboxylic acids is 1. The molecule has 7 heteroatoms. The lowest BCUT2D eigenvalue weighted by Gasteiger charge is -2.22. The Hall–Kier alpha value is -1.44. The highest BCUT2D eigenvalue weighted by Crippen LogP contribution is 2.24. The van der Waals surface area contributed by atoms with Crippen LogP contribution in [0.15, 0.2) is 12.4 Å². The molecule has 2 unspecified atom stereocenters. The van der Waals surface area contributed by atoms with E-state index in [0.717, 1.165) is 25.9 Å². The molecule has 1 saturated heterocycles. The number of nitrogens with zero attached hydrogens (tertiary/aromatic N) is 2. The van der Waals surface area contributed by atoms with Gasteiger partial charge in [0, 0.05) is 31.8 Å². The maximum Gasteiger partial charge on any atom is 0.216 e. The zero-order chi connectivity index (χ0) is 15.2. The van der Waals surface area contributed by atoms with E-state index in [1.54, 1.807) is 17.1 Å². The molecule has 3 atom stereocenters. The van der Waals surface area contributed by atoms with Gasteiger partial charge in [-0.2, -0.15) is 5.10 Å². The summed E-state index contributed by atoms with van der Waals surface area (Å²) in [6.45, 7) is 2.46. The molecule has 7 nitrogen and oxygen atoms in total. The highest BCUT2D eigenvalue weighted by atomic mass is 16.5. The zero-order valence-corrected chi connectivity index (χ0v) is 12.2. The standard InChI is InChI=1S/C14H23N3O4/c1-10(18)15-6-5-12(19)14(20)11-8-16-17(9-11)13-4-2-3-7-21-13/h8-9,12-14,19-20H,2-7H2,1H3,(H,15,18)/t12?,13-,14?/m0/s1. The number of hydrogen-bond donors (Lipinski definition) is 3. The van der Waals surface area contributed by atoms with Crippen LogP contribution >= 0.6 is 0 Å². The van der Waals surface area contributed by atoms with Gasteiger partial charge >= 0.3 is 0 Å². The van der Waals surface area contributed by atoms with Crippen molar-refractivity contribution in [3.63, 3.8) is 0 Å². The molecule has 0 saturated carbocycles. The Kier molecular flexibility index (Phi) is 5.72. The fourth-order valence-electron chi connectivity index (χ4n) is 2.37. The van der Waals surface area contributed by atoms with Crippen LogP contribution in [0.1, 0.15) is 50.5 Å². The molecule has 1 aromatic heterocycles. The topological polar surface area (TPSA) is 96.6 Å². The first kappa shape index (κ1) is 15.9. The van der Waals surface area contributed by atoms with Crippen LogP contribution in [0.5, 0.6) is 0 Å². The van der Waals surface area contributed by atoms with Gasteiger partial charge in [0.25, 0.3) is 0 Å². The number of amides is 1. The predicted octanol–water partition coefficient (Wildman–Crippen LogP) is 0.503. The van der Waals surface area contributed by atoms with Gasteiger partial charge in [-0.3, -0.25) is 4.79 Å². The fourth-order valence-corrected chi connectivity index (χ4v) is 2.37. The lowest BCUT2D eigenvalue weighted by atomic mass is 10.1. The largest absolute Gasteiger partial charge is 0.390 e. The molecular weight excluding hydrogens is 274 g/mol. The molecule has 0 aliphatic carbocycles. The maximum absolute atomic E-state index is 10.8. The Morgan fingerprint density at radius 1 is 1.57 bits per heavy atom. The Morgan fingerprint density at radius 3 is 3.05 bits per heavy atom. The molecule has 3 N–H and O–H groups in total. The first-order valence-electron chi connectivity index (χ1n) is 7.34. The van der Waals surface area contributed by atoms with Crippen LogP contribution in [0, 0.1) is 0 Å². The lowest BCUT2D eigenvalue weighted by molar-refractivity contribution is -0.119. The average Bonchev–Trinajstić information content (AvgIpc) is 2.96. The molecule has 1 fully saturated rings. The summed E-state index contributed by atoms with van der Waals surface area (Å²) in [5, 5.41) is 26.8. The molecule has 2 rings (SSSR count). The SMILES string of the molecule is CC(=O)NCCC(O)C(O)c1cnn([C@@H]2CCCCO2)c1. The van der Waals surface area contributed by atoms with E-state index >= 15 is 0 Å². The molecule has 0 aromatic carbocycles. The summed E-state index contributed by atoms with van der Waals surface area (Å²) in [7, 11) is 0. The third-order valence-corrected chi connectivity index (χ3v) is 3.59. The van der Waals surface area contributed by atoms with Gasteiger partial charge in [0.2, 0.25) is 5.91 Å². The van der Waals surface area contributed by atoms with Gasteiger partial charge in [0.15, 0.2) is 0 Å². The normalized spacial score (nSPS) is 21.8. The summed E-state index contributed by atoms with van der Waals surface area (Å²) in [6.07, 6.45) is 4.56. The number of nitrogens with one attached hydrogen (secondary N) is 1. The highest BCUT2D eigenvalue weighted by molar-refractivity contribution is 5.72. The third-order valence-electron chi connectivity index (χ3n) is 3.59. The van der Waals surface area contributed by atoms with E-state index < -0.39 is 12.2 Å². The number of ether oxygens (including phenoxy) is 1. The molecule has 21 heavy (non-hydrogen) atoms. The van der Waals surface area contributed by atoms with Crippen LogP contribution < -0.4 is 5.32 Å².